The van der Waals surface area contributed by atoms with Crippen LogP contribution in [0.25, 0.3) is 99.4 Å². The fourth-order valence-electron chi connectivity index (χ4n) is 9.73. The van der Waals surface area contributed by atoms with Crippen LogP contribution in [0.15, 0.2) is 218 Å². The van der Waals surface area contributed by atoms with Crippen LogP contribution in [-0.2, 0) is 0 Å². The van der Waals surface area contributed by atoms with Crippen molar-refractivity contribution < 1.29 is 0 Å². The van der Waals surface area contributed by atoms with Gasteiger partial charge in [0.05, 0.1) is 0 Å². The summed E-state index contributed by atoms with van der Waals surface area (Å²) in [4.78, 5) is 0. The van der Waals surface area contributed by atoms with Crippen LogP contribution in [0.5, 0.6) is 0 Å². The van der Waals surface area contributed by atoms with Gasteiger partial charge in [-0.3, -0.25) is 0 Å². The first-order valence-electron chi connectivity index (χ1n) is 20.7. The van der Waals surface area contributed by atoms with E-state index in [1.165, 1.54) is 110 Å². The smallest absolute Gasteiger partial charge is 0.0623 e. The maximum absolute atomic E-state index is 2.61. The molecule has 0 fully saturated rings. The number of benzene rings is 10. The molecule has 11 rings (SSSR count). The van der Waals surface area contributed by atoms with E-state index in [1.54, 1.807) is 0 Å². The molecule has 0 saturated carbocycles. The van der Waals surface area contributed by atoms with E-state index in [2.05, 4.69) is 231 Å². The molecule has 0 aromatic heterocycles. The van der Waals surface area contributed by atoms with Crippen molar-refractivity contribution in [2.24, 2.45) is 0 Å². The summed E-state index contributed by atoms with van der Waals surface area (Å²) in [6.45, 7) is 5.06. The molecule has 10 aromatic rings. The van der Waals surface area contributed by atoms with Gasteiger partial charge in [-0.2, -0.15) is 0 Å². The SMILES string of the molecule is C[Si]1(C)c2ccccc2-c2cc3c(-c4cc(-c5ccccc5)cc(-c5ccccc5)c4)c4ccccc4c(-c4cc(-c5ccccc5)cc(-c5ccccc5)c4)c3cc21. The maximum Gasteiger partial charge on any atom is 0.113 e. The average molecular weight is 767 g/mol. The van der Waals surface area contributed by atoms with Crippen LogP contribution in [0.3, 0.4) is 0 Å². The Balaban J connectivity index is 1.29. The third kappa shape index (κ3) is 5.97. The normalized spacial score (nSPS) is 12.7. The molecule has 0 nitrogen and oxygen atoms in total. The van der Waals surface area contributed by atoms with E-state index >= 15 is 0 Å². The van der Waals surface area contributed by atoms with Crippen molar-refractivity contribution in [1.82, 2.24) is 0 Å². The lowest BCUT2D eigenvalue weighted by Crippen LogP contribution is -2.49. The van der Waals surface area contributed by atoms with E-state index in [9.17, 15) is 0 Å². The molecule has 1 aliphatic heterocycles. The Labute approximate surface area is 347 Å². The minimum Gasteiger partial charge on any atom is -0.0623 e. The van der Waals surface area contributed by atoms with Crippen molar-refractivity contribution in [2.75, 3.05) is 0 Å². The molecule has 1 heteroatoms. The Morgan fingerprint density at radius 3 is 1.00 bits per heavy atom. The summed E-state index contributed by atoms with van der Waals surface area (Å²) >= 11 is 0. The van der Waals surface area contributed by atoms with Gasteiger partial charge in [0, 0.05) is 0 Å². The molecule has 0 amide bonds. The largest absolute Gasteiger partial charge is 0.113 e. The Morgan fingerprint density at radius 1 is 0.237 bits per heavy atom. The van der Waals surface area contributed by atoms with Crippen LogP contribution >= 0.6 is 0 Å². The molecule has 0 unspecified atom stereocenters. The number of rotatable bonds is 6. The molecule has 1 aliphatic rings. The molecular formula is C58H42Si. The Bertz CT molecular complexity index is 3080. The standard InChI is InChI=1S/C58H42Si/c1-59(2)55-30-18-17-27-49(55)52-37-53-54(38-56(52)59)58(48-35-45(41-23-11-5-12-24-41)32-46(36-48)42-25-13-6-14-26-42)51-29-16-15-28-50(51)57(53)47-33-43(39-19-7-3-8-20-39)31-44(34-47)40-21-9-4-10-22-40/h3-38H,1-2H3. The summed E-state index contributed by atoms with van der Waals surface area (Å²) in [5, 5.41) is 8.15. The first kappa shape index (κ1) is 35.1. The highest BCUT2D eigenvalue weighted by Crippen LogP contribution is 2.48. The summed E-state index contributed by atoms with van der Waals surface area (Å²) in [5.74, 6) is 0. The molecule has 10 aromatic carbocycles. The van der Waals surface area contributed by atoms with Crippen LogP contribution in [0.2, 0.25) is 13.1 Å². The summed E-state index contributed by atoms with van der Waals surface area (Å²) in [5.41, 5.74) is 17.5. The van der Waals surface area contributed by atoms with Crippen molar-refractivity contribution in [3.8, 4) is 77.9 Å². The minimum absolute atomic E-state index is 1.21. The van der Waals surface area contributed by atoms with E-state index in [4.69, 9.17) is 0 Å². The molecule has 0 bridgehead atoms. The summed E-state index contributed by atoms with van der Waals surface area (Å²) in [6, 6.07) is 81.3. The lowest BCUT2D eigenvalue weighted by Gasteiger charge is -2.23. The first-order chi connectivity index (χ1) is 29.0. The lowest BCUT2D eigenvalue weighted by molar-refractivity contribution is 1.57. The monoisotopic (exact) mass is 766 g/mol. The van der Waals surface area contributed by atoms with E-state index in [1.807, 2.05) is 0 Å². The van der Waals surface area contributed by atoms with E-state index in [0.717, 1.165) is 0 Å². The predicted molar refractivity (Wildman–Crippen MR) is 256 cm³/mol. The van der Waals surface area contributed by atoms with E-state index in [0.29, 0.717) is 0 Å². The predicted octanol–water partition coefficient (Wildman–Crippen LogP) is 14.8. The molecular weight excluding hydrogens is 725 g/mol. The fraction of sp³-hybridized carbons (Fsp3) is 0.0345. The van der Waals surface area contributed by atoms with Crippen molar-refractivity contribution in [1.29, 1.82) is 0 Å². The highest BCUT2D eigenvalue weighted by Gasteiger charge is 2.38. The van der Waals surface area contributed by atoms with Crippen LogP contribution in [0, 0.1) is 0 Å². The van der Waals surface area contributed by atoms with Crippen LogP contribution in [0.4, 0.5) is 0 Å². The minimum atomic E-state index is -2.02. The van der Waals surface area contributed by atoms with Gasteiger partial charge in [0.2, 0.25) is 0 Å². The Morgan fingerprint density at radius 2 is 0.576 bits per heavy atom. The second kappa shape index (κ2) is 14.1. The van der Waals surface area contributed by atoms with Crippen molar-refractivity contribution in [3.05, 3.63) is 218 Å². The van der Waals surface area contributed by atoms with E-state index < -0.39 is 8.07 Å². The molecule has 278 valence electrons. The summed E-state index contributed by atoms with van der Waals surface area (Å²) < 4.78 is 0. The van der Waals surface area contributed by atoms with Crippen LogP contribution < -0.4 is 10.4 Å². The maximum atomic E-state index is 2.61. The molecule has 0 spiro atoms. The second-order valence-electron chi connectivity index (χ2n) is 16.5. The van der Waals surface area contributed by atoms with Gasteiger partial charge in [0.1, 0.15) is 8.07 Å². The lowest BCUT2D eigenvalue weighted by atomic mass is 9.82. The number of hydrogen-bond donors (Lipinski definition) is 0. The van der Waals surface area contributed by atoms with Crippen molar-refractivity contribution >= 4 is 40.0 Å². The molecule has 0 radical (unpaired) electrons. The van der Waals surface area contributed by atoms with Crippen molar-refractivity contribution in [2.45, 2.75) is 13.1 Å². The van der Waals surface area contributed by atoms with Crippen LogP contribution in [-0.4, -0.2) is 8.07 Å². The third-order valence-corrected chi connectivity index (χ3v) is 16.1. The molecule has 59 heavy (non-hydrogen) atoms. The molecule has 0 saturated heterocycles. The summed E-state index contributed by atoms with van der Waals surface area (Å²) in [6.07, 6.45) is 0. The zero-order valence-electron chi connectivity index (χ0n) is 33.3. The Kier molecular flexibility index (Phi) is 8.39. The zero-order chi connectivity index (χ0) is 39.5. The summed E-state index contributed by atoms with van der Waals surface area (Å²) in [7, 11) is -2.02. The van der Waals surface area contributed by atoms with Crippen molar-refractivity contribution in [3.63, 3.8) is 0 Å². The number of fused-ring (bicyclic) bond motifs is 5. The number of hydrogen-bond acceptors (Lipinski definition) is 0. The third-order valence-electron chi connectivity index (χ3n) is 12.6. The van der Waals surface area contributed by atoms with Gasteiger partial charge in [0.15, 0.2) is 0 Å². The Hall–Kier alpha value is -7.06. The van der Waals surface area contributed by atoms with Gasteiger partial charge in [0.25, 0.3) is 0 Å². The average Bonchev–Trinajstić information content (AvgIpc) is 3.53. The second-order valence-corrected chi connectivity index (χ2v) is 20.8. The van der Waals surface area contributed by atoms with Crippen LogP contribution in [0.1, 0.15) is 0 Å². The van der Waals surface area contributed by atoms with Gasteiger partial charge in [-0.15, -0.1) is 0 Å². The van der Waals surface area contributed by atoms with Gasteiger partial charge in [-0.05, 0) is 152 Å². The van der Waals surface area contributed by atoms with Gasteiger partial charge in [-0.25, -0.2) is 0 Å². The quantitative estimate of drug-likeness (QED) is 0.117. The van der Waals surface area contributed by atoms with Gasteiger partial charge >= 0.3 is 0 Å². The molecule has 0 atom stereocenters. The molecule has 0 aliphatic carbocycles. The van der Waals surface area contributed by atoms with Gasteiger partial charge < -0.3 is 0 Å². The highest BCUT2D eigenvalue weighted by molar-refractivity contribution is 7.04. The van der Waals surface area contributed by atoms with E-state index in [-0.39, 0.29) is 0 Å². The molecule has 0 N–H and O–H groups in total. The molecule has 1 heterocycles. The fourth-order valence-corrected chi connectivity index (χ4v) is 12.8. The zero-order valence-corrected chi connectivity index (χ0v) is 34.3. The van der Waals surface area contributed by atoms with Gasteiger partial charge in [-0.1, -0.05) is 189 Å². The highest BCUT2D eigenvalue weighted by atomic mass is 28.3. The first-order valence-corrected chi connectivity index (χ1v) is 23.7. The topological polar surface area (TPSA) is 0 Å².